The topological polar surface area (TPSA) is 65.5 Å². The van der Waals surface area contributed by atoms with E-state index < -0.39 is 0 Å². The molecule has 2 rings (SSSR count). The lowest BCUT2D eigenvalue weighted by molar-refractivity contribution is -0.117. The number of aryl methyl sites for hydroxylation is 1. The monoisotopic (exact) mass is 333 g/mol. The average Bonchev–Trinajstić information content (AvgIpc) is 2.93. The Bertz CT molecular complexity index is 657. The second-order valence-corrected chi connectivity index (χ2v) is 6.91. The SMILES string of the molecule is Cc1cccc(Cc2cnc(NC(=O)CN(C)C(C)CO)s2)c1. The first-order valence-electron chi connectivity index (χ1n) is 7.59. The van der Waals surface area contributed by atoms with Gasteiger partial charge in [0.2, 0.25) is 5.91 Å². The molecule has 0 aliphatic heterocycles. The Morgan fingerprint density at radius 1 is 1.48 bits per heavy atom. The van der Waals surface area contributed by atoms with Crippen molar-refractivity contribution < 1.29 is 9.90 Å². The molecule has 1 heterocycles. The number of amides is 1. The predicted octanol–water partition coefficient (Wildman–Crippen LogP) is 2.29. The van der Waals surface area contributed by atoms with E-state index in [0.29, 0.717) is 5.13 Å². The Morgan fingerprint density at radius 2 is 2.26 bits per heavy atom. The average molecular weight is 333 g/mol. The van der Waals surface area contributed by atoms with E-state index in [4.69, 9.17) is 5.11 Å². The van der Waals surface area contributed by atoms with E-state index in [1.165, 1.54) is 22.5 Å². The summed E-state index contributed by atoms with van der Waals surface area (Å²) in [6.45, 7) is 4.21. The highest BCUT2D eigenvalue weighted by atomic mass is 32.1. The van der Waals surface area contributed by atoms with Crippen LogP contribution in [0.5, 0.6) is 0 Å². The van der Waals surface area contributed by atoms with Crippen molar-refractivity contribution in [3.8, 4) is 0 Å². The quantitative estimate of drug-likeness (QED) is 0.816. The maximum Gasteiger partial charge on any atom is 0.240 e. The highest BCUT2D eigenvalue weighted by molar-refractivity contribution is 7.15. The van der Waals surface area contributed by atoms with Crippen LogP contribution in [0, 0.1) is 6.92 Å². The molecule has 23 heavy (non-hydrogen) atoms. The van der Waals surface area contributed by atoms with E-state index in [2.05, 4.69) is 35.4 Å². The minimum atomic E-state index is -0.121. The fraction of sp³-hybridized carbons (Fsp3) is 0.412. The molecular weight excluding hydrogens is 310 g/mol. The van der Waals surface area contributed by atoms with Crippen molar-refractivity contribution >= 4 is 22.4 Å². The summed E-state index contributed by atoms with van der Waals surface area (Å²) in [6, 6.07) is 8.33. The van der Waals surface area contributed by atoms with Crippen LogP contribution < -0.4 is 5.32 Å². The van der Waals surface area contributed by atoms with Crippen molar-refractivity contribution in [3.63, 3.8) is 0 Å². The third kappa shape index (κ3) is 5.42. The summed E-state index contributed by atoms with van der Waals surface area (Å²) in [4.78, 5) is 19.2. The van der Waals surface area contributed by atoms with Crippen molar-refractivity contribution in [2.75, 3.05) is 25.5 Å². The molecule has 1 unspecified atom stereocenters. The Hall–Kier alpha value is -1.76. The second-order valence-electron chi connectivity index (χ2n) is 5.79. The second kappa shape index (κ2) is 8.19. The molecule has 6 heteroatoms. The molecule has 1 atom stereocenters. The van der Waals surface area contributed by atoms with Crippen molar-refractivity contribution in [3.05, 3.63) is 46.5 Å². The van der Waals surface area contributed by atoms with Crippen molar-refractivity contribution in [1.82, 2.24) is 9.88 Å². The van der Waals surface area contributed by atoms with Gasteiger partial charge in [-0.05, 0) is 26.5 Å². The largest absolute Gasteiger partial charge is 0.395 e. The minimum absolute atomic E-state index is 0.0294. The number of nitrogens with zero attached hydrogens (tertiary/aromatic N) is 2. The number of nitrogens with one attached hydrogen (secondary N) is 1. The van der Waals surface area contributed by atoms with Gasteiger partial charge in [0.15, 0.2) is 5.13 Å². The smallest absolute Gasteiger partial charge is 0.240 e. The number of aliphatic hydroxyl groups excluding tert-OH is 1. The van der Waals surface area contributed by atoms with Gasteiger partial charge in [0.1, 0.15) is 0 Å². The van der Waals surface area contributed by atoms with Crippen LogP contribution >= 0.6 is 11.3 Å². The van der Waals surface area contributed by atoms with Crippen molar-refractivity contribution in [2.24, 2.45) is 0 Å². The zero-order chi connectivity index (χ0) is 16.8. The maximum absolute atomic E-state index is 12.0. The van der Waals surface area contributed by atoms with E-state index in [-0.39, 0.29) is 25.1 Å². The molecule has 0 bridgehead atoms. The summed E-state index contributed by atoms with van der Waals surface area (Å²) in [7, 11) is 1.81. The normalized spacial score (nSPS) is 12.4. The van der Waals surface area contributed by atoms with Gasteiger partial charge in [0.05, 0.1) is 13.2 Å². The minimum Gasteiger partial charge on any atom is -0.395 e. The summed E-state index contributed by atoms with van der Waals surface area (Å²) in [5.41, 5.74) is 2.48. The van der Waals surface area contributed by atoms with Gasteiger partial charge in [-0.15, -0.1) is 11.3 Å². The summed E-state index contributed by atoms with van der Waals surface area (Å²) < 4.78 is 0. The molecule has 2 aromatic rings. The lowest BCUT2D eigenvalue weighted by atomic mass is 10.1. The predicted molar refractivity (Wildman–Crippen MR) is 93.9 cm³/mol. The Balaban J connectivity index is 1.90. The van der Waals surface area contributed by atoms with Gasteiger partial charge >= 0.3 is 0 Å². The molecule has 2 N–H and O–H groups in total. The van der Waals surface area contributed by atoms with Crippen LogP contribution in [0.2, 0.25) is 0 Å². The highest BCUT2D eigenvalue weighted by Crippen LogP contribution is 2.21. The summed E-state index contributed by atoms with van der Waals surface area (Å²) in [5.74, 6) is -0.121. The molecule has 5 nitrogen and oxygen atoms in total. The Kier molecular flexibility index (Phi) is 6.27. The van der Waals surface area contributed by atoms with E-state index in [0.717, 1.165) is 11.3 Å². The Labute approximate surface area is 141 Å². The van der Waals surface area contributed by atoms with Crippen LogP contribution in [0.3, 0.4) is 0 Å². The molecular formula is C17H23N3O2S. The van der Waals surface area contributed by atoms with Crippen LogP contribution in [0.15, 0.2) is 30.5 Å². The number of aromatic nitrogens is 1. The van der Waals surface area contributed by atoms with E-state index in [1.807, 2.05) is 26.2 Å². The molecule has 0 fully saturated rings. The van der Waals surface area contributed by atoms with Crippen LogP contribution in [0.1, 0.15) is 22.9 Å². The first-order valence-corrected chi connectivity index (χ1v) is 8.40. The molecule has 124 valence electrons. The molecule has 0 spiro atoms. The number of carbonyl (C=O) groups excluding carboxylic acids is 1. The third-order valence-electron chi connectivity index (χ3n) is 3.67. The van der Waals surface area contributed by atoms with Crippen LogP contribution in [-0.2, 0) is 11.2 Å². The number of hydrogen-bond donors (Lipinski definition) is 2. The van der Waals surface area contributed by atoms with Crippen LogP contribution in [0.4, 0.5) is 5.13 Å². The molecule has 1 aromatic heterocycles. The van der Waals surface area contributed by atoms with Crippen molar-refractivity contribution in [1.29, 1.82) is 0 Å². The molecule has 0 aliphatic carbocycles. The number of carbonyl (C=O) groups is 1. The van der Waals surface area contributed by atoms with Gasteiger partial charge in [-0.25, -0.2) is 4.98 Å². The van der Waals surface area contributed by atoms with Crippen LogP contribution in [-0.4, -0.2) is 47.1 Å². The molecule has 1 aromatic carbocycles. The molecule has 0 saturated carbocycles. The van der Waals surface area contributed by atoms with Gasteiger partial charge in [0.25, 0.3) is 0 Å². The number of benzene rings is 1. The van der Waals surface area contributed by atoms with Crippen molar-refractivity contribution in [2.45, 2.75) is 26.3 Å². The third-order valence-corrected chi connectivity index (χ3v) is 4.58. The van der Waals surface area contributed by atoms with E-state index in [9.17, 15) is 4.79 Å². The van der Waals surface area contributed by atoms with Gasteiger partial charge < -0.3 is 10.4 Å². The summed E-state index contributed by atoms with van der Waals surface area (Å²) in [5, 5.41) is 12.5. The number of hydrogen-bond acceptors (Lipinski definition) is 5. The number of likely N-dealkylation sites (N-methyl/N-ethyl adjacent to an activating group) is 1. The fourth-order valence-electron chi connectivity index (χ4n) is 2.15. The molecule has 1 amide bonds. The van der Waals surface area contributed by atoms with Gasteiger partial charge in [-0.1, -0.05) is 29.8 Å². The van der Waals surface area contributed by atoms with E-state index >= 15 is 0 Å². The number of anilines is 1. The first kappa shape index (κ1) is 17.6. The Morgan fingerprint density at radius 3 is 2.96 bits per heavy atom. The molecule has 0 saturated heterocycles. The lowest BCUT2D eigenvalue weighted by Crippen LogP contribution is -2.38. The highest BCUT2D eigenvalue weighted by Gasteiger charge is 2.13. The fourth-order valence-corrected chi connectivity index (χ4v) is 3.01. The zero-order valence-corrected chi connectivity index (χ0v) is 14.6. The molecule has 0 aliphatic rings. The lowest BCUT2D eigenvalue weighted by Gasteiger charge is -2.21. The molecule has 0 radical (unpaired) electrons. The summed E-state index contributed by atoms with van der Waals surface area (Å²) in [6.07, 6.45) is 2.62. The zero-order valence-electron chi connectivity index (χ0n) is 13.7. The van der Waals surface area contributed by atoms with Gasteiger partial charge in [-0.3, -0.25) is 9.69 Å². The number of aliphatic hydroxyl groups is 1. The first-order chi connectivity index (χ1) is 11.0. The number of rotatable bonds is 7. The van der Waals surface area contributed by atoms with Crippen LogP contribution in [0.25, 0.3) is 0 Å². The van der Waals surface area contributed by atoms with Gasteiger partial charge in [0, 0.05) is 23.5 Å². The number of thiazole rings is 1. The standard InChI is InChI=1S/C17H23N3O2S/c1-12-5-4-6-14(7-12)8-15-9-18-17(23-15)19-16(22)10-20(3)13(2)11-21/h4-7,9,13,21H,8,10-11H2,1-3H3,(H,18,19,22). The summed E-state index contributed by atoms with van der Waals surface area (Å²) >= 11 is 1.49. The maximum atomic E-state index is 12.0. The van der Waals surface area contributed by atoms with E-state index in [1.54, 1.807) is 4.90 Å². The van der Waals surface area contributed by atoms with Gasteiger partial charge in [-0.2, -0.15) is 0 Å².